The lowest BCUT2D eigenvalue weighted by atomic mass is 10.0. The van der Waals surface area contributed by atoms with E-state index in [1.807, 2.05) is 24.3 Å². The van der Waals surface area contributed by atoms with E-state index < -0.39 is 60.2 Å². The van der Waals surface area contributed by atoms with Crippen molar-refractivity contribution in [3.63, 3.8) is 0 Å². The number of aliphatic carboxylic acids is 2. The third-order valence-corrected chi connectivity index (χ3v) is 6.97. The number of imidazole rings is 1. The topological polar surface area (TPSA) is 232 Å². The molecule has 4 aromatic rings. The van der Waals surface area contributed by atoms with Crippen molar-refractivity contribution in [3.05, 3.63) is 90.1 Å². The quantitative estimate of drug-likeness (QED) is 0.0929. The Labute approximate surface area is 251 Å². The second-order valence-electron chi connectivity index (χ2n) is 10.3. The first-order chi connectivity index (χ1) is 21.1. The van der Waals surface area contributed by atoms with E-state index in [0.29, 0.717) is 16.8 Å². The Morgan fingerprint density at radius 3 is 2.07 bits per heavy atom. The zero-order chi connectivity index (χ0) is 31.6. The van der Waals surface area contributed by atoms with E-state index in [9.17, 15) is 29.1 Å². The highest BCUT2D eigenvalue weighted by molar-refractivity contribution is 5.95. The molecule has 4 unspecified atom stereocenters. The number of nitrogens with zero attached hydrogens (tertiary/aromatic N) is 1. The average molecular weight is 604 g/mol. The minimum absolute atomic E-state index is 0.0150. The molecule has 0 radical (unpaired) electrons. The first-order valence-electron chi connectivity index (χ1n) is 13.8. The number of carboxylic acid groups (broad SMARTS) is 2. The van der Waals surface area contributed by atoms with Crippen LogP contribution in [0.2, 0.25) is 0 Å². The molecule has 2 heterocycles. The number of nitrogens with two attached hydrogens (primary N) is 1. The molecule has 14 heteroatoms. The van der Waals surface area contributed by atoms with E-state index in [-0.39, 0.29) is 19.3 Å². The van der Waals surface area contributed by atoms with Crippen molar-refractivity contribution in [3.8, 4) is 0 Å². The highest BCUT2D eigenvalue weighted by Gasteiger charge is 2.31. The summed E-state index contributed by atoms with van der Waals surface area (Å²) >= 11 is 0. The number of H-pyrrole nitrogens is 2. The van der Waals surface area contributed by atoms with Gasteiger partial charge in [0.05, 0.1) is 18.8 Å². The molecule has 3 amide bonds. The van der Waals surface area contributed by atoms with Crippen LogP contribution in [0.5, 0.6) is 0 Å². The largest absolute Gasteiger partial charge is 0.481 e. The van der Waals surface area contributed by atoms with Crippen molar-refractivity contribution in [1.29, 1.82) is 0 Å². The molecule has 0 aliphatic heterocycles. The number of aromatic nitrogens is 3. The van der Waals surface area contributed by atoms with Gasteiger partial charge >= 0.3 is 11.9 Å². The number of nitrogens with one attached hydrogen (secondary N) is 5. The van der Waals surface area contributed by atoms with E-state index >= 15 is 0 Å². The minimum Gasteiger partial charge on any atom is -0.481 e. The molecule has 0 spiro atoms. The molecule has 0 saturated carbocycles. The molecule has 2 aromatic carbocycles. The van der Waals surface area contributed by atoms with E-state index in [4.69, 9.17) is 10.8 Å². The lowest BCUT2D eigenvalue weighted by Crippen LogP contribution is -2.58. The molecule has 0 bridgehead atoms. The van der Waals surface area contributed by atoms with Crippen molar-refractivity contribution >= 4 is 40.6 Å². The molecule has 0 fully saturated rings. The molecule has 4 atom stereocenters. The normalized spacial score (nSPS) is 13.8. The van der Waals surface area contributed by atoms with Gasteiger partial charge in [-0.15, -0.1) is 0 Å². The van der Waals surface area contributed by atoms with Crippen LogP contribution < -0.4 is 21.7 Å². The van der Waals surface area contributed by atoms with Crippen LogP contribution in [0.4, 0.5) is 0 Å². The Morgan fingerprint density at radius 1 is 0.773 bits per heavy atom. The van der Waals surface area contributed by atoms with Gasteiger partial charge in [-0.3, -0.25) is 19.2 Å². The van der Waals surface area contributed by atoms with Gasteiger partial charge in [-0.1, -0.05) is 48.5 Å². The maximum absolute atomic E-state index is 13.8. The Bertz CT molecular complexity index is 1600. The fourth-order valence-corrected chi connectivity index (χ4v) is 4.71. The number of carboxylic acids is 2. The Hall–Kier alpha value is -5.50. The van der Waals surface area contributed by atoms with E-state index in [1.54, 1.807) is 36.5 Å². The van der Waals surface area contributed by atoms with E-state index in [2.05, 4.69) is 30.9 Å². The van der Waals surface area contributed by atoms with Gasteiger partial charge in [-0.05, 0) is 17.2 Å². The number of aromatic amines is 2. The van der Waals surface area contributed by atoms with Gasteiger partial charge in [0.25, 0.3) is 0 Å². The number of rotatable bonds is 15. The summed E-state index contributed by atoms with van der Waals surface area (Å²) < 4.78 is 0. The fourth-order valence-electron chi connectivity index (χ4n) is 4.71. The maximum atomic E-state index is 13.8. The summed E-state index contributed by atoms with van der Waals surface area (Å²) in [6, 6.07) is 10.9. The van der Waals surface area contributed by atoms with Gasteiger partial charge in [-0.2, -0.15) is 0 Å². The monoisotopic (exact) mass is 603 g/mol. The zero-order valence-electron chi connectivity index (χ0n) is 23.5. The molecule has 4 rings (SSSR count). The predicted molar refractivity (Wildman–Crippen MR) is 158 cm³/mol. The number of benzene rings is 2. The molecule has 0 aliphatic carbocycles. The second kappa shape index (κ2) is 14.6. The number of fused-ring (bicyclic) bond motifs is 1. The molecule has 0 saturated heterocycles. The first kappa shape index (κ1) is 31.4. The summed E-state index contributed by atoms with van der Waals surface area (Å²) in [6.07, 6.45) is 3.79. The minimum atomic E-state index is -1.42. The van der Waals surface area contributed by atoms with Crippen molar-refractivity contribution < 1.29 is 34.2 Å². The summed E-state index contributed by atoms with van der Waals surface area (Å²) in [5.41, 5.74) is 8.42. The molecule has 230 valence electrons. The highest BCUT2D eigenvalue weighted by Crippen LogP contribution is 2.19. The molecule has 44 heavy (non-hydrogen) atoms. The Morgan fingerprint density at radius 2 is 1.41 bits per heavy atom. The summed E-state index contributed by atoms with van der Waals surface area (Å²) in [5.74, 6) is -4.93. The standard InChI is InChI=1S/C30H33N7O7/c31-21(13-26(38)39)27(40)35-24(11-18-14-33-22-9-5-4-8-20(18)22)29(42)36-23(10-17-6-2-1-3-7-17)28(41)37-25(30(43)44)12-19-15-32-16-34-19/h1-9,14-16,21,23-25,33H,10-13,31H2,(H,32,34)(H,35,40)(H,36,42)(H,37,41)(H,38,39)(H,43,44). The van der Waals surface area contributed by atoms with E-state index in [0.717, 1.165) is 10.9 Å². The van der Waals surface area contributed by atoms with Crippen molar-refractivity contribution in [2.24, 2.45) is 5.73 Å². The average Bonchev–Trinajstić information content (AvgIpc) is 3.66. The van der Waals surface area contributed by atoms with Crippen LogP contribution >= 0.6 is 0 Å². The van der Waals surface area contributed by atoms with Gasteiger partial charge < -0.3 is 41.9 Å². The van der Waals surface area contributed by atoms with Crippen LogP contribution in [0.3, 0.4) is 0 Å². The van der Waals surface area contributed by atoms with Crippen LogP contribution in [0.25, 0.3) is 10.9 Å². The van der Waals surface area contributed by atoms with Crippen molar-refractivity contribution in [1.82, 2.24) is 30.9 Å². The number of carbonyl (C=O) groups is 5. The molecule has 0 aliphatic rings. The van der Waals surface area contributed by atoms with Crippen LogP contribution in [0.15, 0.2) is 73.3 Å². The SMILES string of the molecule is NC(CC(=O)O)C(=O)NC(Cc1c[nH]c2ccccc12)C(=O)NC(Cc1ccccc1)C(=O)NC(Cc1cnc[nH]1)C(=O)O. The van der Waals surface area contributed by atoms with Crippen LogP contribution in [-0.2, 0) is 43.2 Å². The maximum Gasteiger partial charge on any atom is 0.326 e. The molecule has 2 aromatic heterocycles. The second-order valence-corrected chi connectivity index (χ2v) is 10.3. The lowest BCUT2D eigenvalue weighted by Gasteiger charge is -2.25. The number of amides is 3. The summed E-state index contributed by atoms with van der Waals surface area (Å²) in [6.45, 7) is 0. The van der Waals surface area contributed by atoms with Gasteiger partial charge in [0.15, 0.2) is 0 Å². The van der Waals surface area contributed by atoms with Gasteiger partial charge in [0.2, 0.25) is 17.7 Å². The van der Waals surface area contributed by atoms with E-state index in [1.165, 1.54) is 12.5 Å². The lowest BCUT2D eigenvalue weighted by molar-refractivity contribution is -0.142. The van der Waals surface area contributed by atoms with Gasteiger partial charge in [-0.25, -0.2) is 9.78 Å². The Balaban J connectivity index is 1.59. The van der Waals surface area contributed by atoms with Crippen molar-refractivity contribution in [2.75, 3.05) is 0 Å². The van der Waals surface area contributed by atoms with Crippen molar-refractivity contribution in [2.45, 2.75) is 49.9 Å². The number of para-hydroxylation sites is 1. The van der Waals surface area contributed by atoms with Crippen LogP contribution in [0, 0.1) is 0 Å². The zero-order valence-corrected chi connectivity index (χ0v) is 23.5. The fraction of sp³-hybridized carbons (Fsp3) is 0.267. The highest BCUT2D eigenvalue weighted by atomic mass is 16.4. The van der Waals surface area contributed by atoms with Gasteiger partial charge in [0, 0.05) is 48.3 Å². The van der Waals surface area contributed by atoms with Crippen LogP contribution in [-0.4, -0.2) is 79.0 Å². The molecular weight excluding hydrogens is 570 g/mol. The molecule has 14 nitrogen and oxygen atoms in total. The Kier molecular flexibility index (Phi) is 10.4. The molecular formula is C30H33N7O7. The van der Waals surface area contributed by atoms with Crippen LogP contribution in [0.1, 0.15) is 23.2 Å². The van der Waals surface area contributed by atoms with Gasteiger partial charge in [0.1, 0.15) is 18.1 Å². The number of carbonyl (C=O) groups excluding carboxylic acids is 3. The number of hydrogen-bond acceptors (Lipinski definition) is 7. The number of hydrogen-bond donors (Lipinski definition) is 8. The first-order valence-corrected chi connectivity index (χ1v) is 13.8. The molecule has 9 N–H and O–H groups in total. The predicted octanol–water partition coefficient (Wildman–Crippen LogP) is 0.260. The smallest absolute Gasteiger partial charge is 0.326 e. The summed E-state index contributed by atoms with van der Waals surface area (Å²) in [4.78, 5) is 73.0. The summed E-state index contributed by atoms with van der Waals surface area (Å²) in [7, 11) is 0. The third-order valence-electron chi connectivity index (χ3n) is 6.97. The third kappa shape index (κ3) is 8.51. The summed E-state index contributed by atoms with van der Waals surface area (Å²) in [5, 5.41) is 27.3.